The van der Waals surface area contributed by atoms with Crippen molar-refractivity contribution in [2.45, 2.75) is 76.5 Å². The molecule has 7 N–H and O–H groups in total. The second-order valence-corrected chi connectivity index (χ2v) is 8.63. The molecule has 1 rings (SSSR count). The van der Waals surface area contributed by atoms with Crippen molar-refractivity contribution in [1.29, 1.82) is 0 Å². The van der Waals surface area contributed by atoms with E-state index in [4.69, 9.17) is 10.8 Å². The van der Waals surface area contributed by atoms with E-state index in [-0.39, 0.29) is 23.6 Å². The maximum absolute atomic E-state index is 13.0. The molecule has 0 aromatic carbocycles. The van der Waals surface area contributed by atoms with Crippen LogP contribution in [0.15, 0.2) is 0 Å². The highest BCUT2D eigenvalue weighted by Gasteiger charge is 2.31. The summed E-state index contributed by atoms with van der Waals surface area (Å²) in [7, 11) is 0. The van der Waals surface area contributed by atoms with Gasteiger partial charge >= 0.3 is 5.97 Å². The lowest BCUT2D eigenvalue weighted by atomic mass is 10.0. The first-order valence-corrected chi connectivity index (χ1v) is 11.5. The van der Waals surface area contributed by atoms with Gasteiger partial charge in [0.1, 0.15) is 18.1 Å². The molecule has 3 amide bonds. The Morgan fingerprint density at radius 3 is 2.23 bits per heavy atom. The van der Waals surface area contributed by atoms with Crippen LogP contribution in [0.5, 0.6) is 0 Å². The smallest absolute Gasteiger partial charge is 0.327 e. The molecular weight excluding hydrogens is 422 g/mol. The van der Waals surface area contributed by atoms with Crippen molar-refractivity contribution in [2.75, 3.05) is 18.8 Å². The van der Waals surface area contributed by atoms with Crippen molar-refractivity contribution in [3.8, 4) is 0 Å². The van der Waals surface area contributed by atoms with Crippen LogP contribution in [0.4, 0.5) is 0 Å². The minimum absolute atomic E-state index is 0.0784. The van der Waals surface area contributed by atoms with Gasteiger partial charge in [-0.3, -0.25) is 14.4 Å². The molecule has 4 atom stereocenters. The van der Waals surface area contributed by atoms with E-state index < -0.39 is 35.9 Å². The van der Waals surface area contributed by atoms with Crippen LogP contribution in [0.25, 0.3) is 0 Å². The molecule has 1 heterocycles. The fraction of sp³-hybridized carbons (Fsp3) is 0.800. The summed E-state index contributed by atoms with van der Waals surface area (Å²) < 4.78 is 0. The molecule has 1 saturated heterocycles. The molecule has 0 aromatic heterocycles. The monoisotopic (exact) mass is 459 g/mol. The van der Waals surface area contributed by atoms with Crippen LogP contribution < -0.4 is 27.0 Å². The van der Waals surface area contributed by atoms with Gasteiger partial charge in [0.15, 0.2) is 0 Å². The predicted octanol–water partition coefficient (Wildman–Crippen LogP) is -0.618. The Bertz CT molecular complexity index is 613. The number of hydrogen-bond donors (Lipinski definition) is 7. The zero-order chi connectivity index (χ0) is 23.4. The summed E-state index contributed by atoms with van der Waals surface area (Å²) in [6.07, 6.45) is 3.58. The minimum Gasteiger partial charge on any atom is -0.480 e. The molecule has 178 valence electrons. The molecule has 1 aliphatic heterocycles. The van der Waals surface area contributed by atoms with Gasteiger partial charge < -0.3 is 32.1 Å². The molecule has 1 fully saturated rings. The second kappa shape index (κ2) is 14.3. The van der Waals surface area contributed by atoms with Gasteiger partial charge in [-0.25, -0.2) is 4.79 Å². The number of nitrogens with one attached hydrogen (secondary N) is 4. The van der Waals surface area contributed by atoms with Gasteiger partial charge in [0.25, 0.3) is 0 Å². The maximum atomic E-state index is 13.0. The fourth-order valence-electron chi connectivity index (χ4n) is 3.38. The summed E-state index contributed by atoms with van der Waals surface area (Å²) >= 11 is 3.95. The Balaban J connectivity index is 2.86. The SMILES string of the molecule is CC(C)CC(NC(=O)C1CCCN1)C(=O)NC(CCCCN)C(=O)NC(CS)C(=O)O. The van der Waals surface area contributed by atoms with E-state index in [0.717, 1.165) is 13.0 Å². The topological polar surface area (TPSA) is 163 Å². The van der Waals surface area contributed by atoms with E-state index in [9.17, 15) is 19.2 Å². The Kier molecular flexibility index (Phi) is 12.5. The van der Waals surface area contributed by atoms with Gasteiger partial charge in [0.2, 0.25) is 17.7 Å². The number of hydrogen-bond acceptors (Lipinski definition) is 7. The molecule has 0 aromatic rings. The molecule has 31 heavy (non-hydrogen) atoms. The number of carboxylic acids is 1. The van der Waals surface area contributed by atoms with E-state index in [1.165, 1.54) is 0 Å². The van der Waals surface area contributed by atoms with Crippen LogP contribution in [-0.2, 0) is 19.2 Å². The largest absolute Gasteiger partial charge is 0.480 e. The lowest BCUT2D eigenvalue weighted by Gasteiger charge is -2.26. The van der Waals surface area contributed by atoms with Gasteiger partial charge in [-0.2, -0.15) is 12.6 Å². The molecule has 0 radical (unpaired) electrons. The van der Waals surface area contributed by atoms with Crippen molar-refractivity contribution in [1.82, 2.24) is 21.3 Å². The summed E-state index contributed by atoms with van der Waals surface area (Å²) in [4.78, 5) is 49.4. The number of aliphatic carboxylic acids is 1. The molecule has 11 heteroatoms. The number of thiol groups is 1. The molecule has 4 unspecified atom stereocenters. The number of amides is 3. The van der Waals surface area contributed by atoms with E-state index in [2.05, 4.69) is 33.9 Å². The summed E-state index contributed by atoms with van der Waals surface area (Å²) in [5, 5.41) is 20.2. The van der Waals surface area contributed by atoms with E-state index in [1.54, 1.807) is 0 Å². The van der Waals surface area contributed by atoms with Crippen LogP contribution in [0.1, 0.15) is 52.4 Å². The summed E-state index contributed by atoms with van der Waals surface area (Å²) in [5.41, 5.74) is 5.52. The van der Waals surface area contributed by atoms with Crippen LogP contribution in [0, 0.1) is 5.92 Å². The summed E-state index contributed by atoms with van der Waals surface area (Å²) in [6.45, 7) is 5.08. The third kappa shape index (κ3) is 9.88. The highest BCUT2D eigenvalue weighted by molar-refractivity contribution is 7.80. The number of carboxylic acid groups (broad SMARTS) is 1. The first-order valence-electron chi connectivity index (χ1n) is 10.9. The second-order valence-electron chi connectivity index (χ2n) is 8.27. The Morgan fingerprint density at radius 2 is 1.71 bits per heavy atom. The third-order valence-electron chi connectivity index (χ3n) is 5.09. The fourth-order valence-corrected chi connectivity index (χ4v) is 3.62. The van der Waals surface area contributed by atoms with E-state index in [1.807, 2.05) is 13.8 Å². The Morgan fingerprint density at radius 1 is 1.06 bits per heavy atom. The van der Waals surface area contributed by atoms with Crippen molar-refractivity contribution < 1.29 is 24.3 Å². The average Bonchev–Trinajstić information content (AvgIpc) is 3.25. The quantitative estimate of drug-likeness (QED) is 0.134. The lowest BCUT2D eigenvalue weighted by molar-refractivity contribution is -0.141. The average molecular weight is 460 g/mol. The highest BCUT2D eigenvalue weighted by Crippen LogP contribution is 2.10. The van der Waals surface area contributed by atoms with Crippen LogP contribution in [0.2, 0.25) is 0 Å². The van der Waals surface area contributed by atoms with Crippen LogP contribution in [-0.4, -0.2) is 71.8 Å². The highest BCUT2D eigenvalue weighted by atomic mass is 32.1. The Hall–Kier alpha value is -1.85. The molecule has 10 nitrogen and oxygen atoms in total. The standard InChI is InChI=1S/C20H37N5O5S/c1-12(2)10-15(24-17(26)13-7-5-9-22-13)19(28)23-14(6-3-4-8-21)18(27)25-16(11-31)20(29)30/h12-16,22,31H,3-11,21H2,1-2H3,(H,23,28)(H,24,26)(H,25,27)(H,29,30). The normalized spacial score (nSPS) is 18.8. The first-order chi connectivity index (χ1) is 14.7. The lowest BCUT2D eigenvalue weighted by Crippen LogP contribution is -2.57. The van der Waals surface area contributed by atoms with E-state index in [0.29, 0.717) is 38.6 Å². The predicted molar refractivity (Wildman–Crippen MR) is 121 cm³/mol. The Labute approximate surface area is 189 Å². The van der Waals surface area contributed by atoms with Gasteiger partial charge in [-0.15, -0.1) is 0 Å². The number of carbonyl (C=O) groups excluding carboxylic acids is 3. The zero-order valence-corrected chi connectivity index (χ0v) is 19.2. The molecule has 0 bridgehead atoms. The molecule has 0 aliphatic carbocycles. The molecular formula is C20H37N5O5S. The summed E-state index contributed by atoms with van der Waals surface area (Å²) in [6, 6.07) is -3.21. The van der Waals surface area contributed by atoms with Gasteiger partial charge in [-0.05, 0) is 57.5 Å². The molecule has 0 spiro atoms. The van der Waals surface area contributed by atoms with Crippen LogP contribution in [0.3, 0.4) is 0 Å². The van der Waals surface area contributed by atoms with Gasteiger partial charge in [0, 0.05) is 5.75 Å². The number of carbonyl (C=O) groups is 4. The van der Waals surface area contributed by atoms with Crippen molar-refractivity contribution in [3.05, 3.63) is 0 Å². The van der Waals surface area contributed by atoms with Gasteiger partial charge in [-0.1, -0.05) is 13.8 Å². The summed E-state index contributed by atoms with van der Waals surface area (Å²) in [5.74, 6) is -2.44. The maximum Gasteiger partial charge on any atom is 0.327 e. The molecule has 0 saturated carbocycles. The number of unbranched alkanes of at least 4 members (excludes halogenated alkanes) is 1. The van der Waals surface area contributed by atoms with E-state index >= 15 is 0 Å². The van der Waals surface area contributed by atoms with Crippen LogP contribution >= 0.6 is 12.6 Å². The van der Waals surface area contributed by atoms with Crippen molar-refractivity contribution in [2.24, 2.45) is 11.7 Å². The van der Waals surface area contributed by atoms with Crippen molar-refractivity contribution >= 4 is 36.3 Å². The third-order valence-corrected chi connectivity index (χ3v) is 5.46. The first kappa shape index (κ1) is 27.2. The zero-order valence-electron chi connectivity index (χ0n) is 18.4. The molecule has 1 aliphatic rings. The van der Waals surface area contributed by atoms with Crippen molar-refractivity contribution in [3.63, 3.8) is 0 Å². The van der Waals surface area contributed by atoms with Gasteiger partial charge in [0.05, 0.1) is 6.04 Å². The number of rotatable bonds is 14. The number of nitrogens with two attached hydrogens (primary N) is 1. The minimum atomic E-state index is -1.20.